The maximum Gasteiger partial charge on any atom is 0.238 e. The number of benzene rings is 3. The molecule has 6 heteroatoms. The second kappa shape index (κ2) is 9.10. The molecule has 3 aliphatic rings. The Bertz CT molecular complexity index is 1780. The van der Waals surface area contributed by atoms with E-state index in [0.29, 0.717) is 16.8 Å². The summed E-state index contributed by atoms with van der Waals surface area (Å²) in [5, 5.41) is 3.08. The topological polar surface area (TPSA) is 79.4 Å². The van der Waals surface area contributed by atoms with Crippen LogP contribution in [0, 0.1) is 19.8 Å². The Morgan fingerprint density at radius 1 is 0.854 bits per heavy atom. The summed E-state index contributed by atoms with van der Waals surface area (Å²) in [5.41, 5.74) is 5.95. The van der Waals surface area contributed by atoms with Crippen LogP contribution < -0.4 is 10.2 Å². The molecular formula is C35H29N3O3. The van der Waals surface area contributed by atoms with Crippen molar-refractivity contribution in [3.63, 3.8) is 0 Å². The predicted octanol–water partition coefficient (Wildman–Crippen LogP) is 5.94. The molecule has 6 nitrogen and oxygen atoms in total. The van der Waals surface area contributed by atoms with Gasteiger partial charge in [0, 0.05) is 40.5 Å². The van der Waals surface area contributed by atoms with Crippen LogP contribution in [-0.2, 0) is 10.2 Å². The van der Waals surface area contributed by atoms with Gasteiger partial charge in [-0.05, 0) is 62.2 Å². The van der Waals surface area contributed by atoms with Crippen LogP contribution in [0.4, 0.5) is 11.4 Å². The van der Waals surface area contributed by atoms with Crippen LogP contribution in [0.5, 0.6) is 0 Å². The molecule has 41 heavy (non-hydrogen) atoms. The quantitative estimate of drug-likeness (QED) is 0.325. The molecule has 0 bridgehead atoms. The zero-order chi connectivity index (χ0) is 28.5. The summed E-state index contributed by atoms with van der Waals surface area (Å²) in [6.07, 6.45) is 5.22. The van der Waals surface area contributed by atoms with Gasteiger partial charge in [0.2, 0.25) is 5.91 Å². The van der Waals surface area contributed by atoms with E-state index in [0.717, 1.165) is 33.5 Å². The molecule has 0 radical (unpaired) electrons. The van der Waals surface area contributed by atoms with Crippen molar-refractivity contribution in [1.29, 1.82) is 0 Å². The second-order valence-corrected chi connectivity index (χ2v) is 11.3. The Morgan fingerprint density at radius 3 is 2.37 bits per heavy atom. The van der Waals surface area contributed by atoms with Crippen LogP contribution in [-0.4, -0.2) is 34.5 Å². The molecule has 4 heterocycles. The number of amides is 1. The lowest BCUT2D eigenvalue weighted by molar-refractivity contribution is -0.121. The predicted molar refractivity (Wildman–Crippen MR) is 159 cm³/mol. The van der Waals surface area contributed by atoms with E-state index in [1.54, 1.807) is 18.3 Å². The highest BCUT2D eigenvalue weighted by Gasteiger charge is 2.70. The molecule has 1 aromatic heterocycles. The highest BCUT2D eigenvalue weighted by Crippen LogP contribution is 2.58. The third-order valence-electron chi connectivity index (χ3n) is 8.97. The molecule has 0 aliphatic carbocycles. The van der Waals surface area contributed by atoms with Crippen molar-refractivity contribution < 1.29 is 14.4 Å². The van der Waals surface area contributed by atoms with Gasteiger partial charge in [0.1, 0.15) is 11.5 Å². The van der Waals surface area contributed by atoms with E-state index in [-0.39, 0.29) is 17.5 Å². The SMILES string of the molecule is CC1=C[C@H]2N(c3ccc(C)cc31)[C@@H](C(=O)c1ccc(C)cc1)[C@@H](C(=O)c1cccnc1)[C@]21C(=O)Nc2ccccc21. The number of nitrogens with one attached hydrogen (secondary N) is 1. The van der Waals surface area contributed by atoms with Gasteiger partial charge >= 0.3 is 0 Å². The zero-order valence-corrected chi connectivity index (χ0v) is 23.1. The fraction of sp³-hybridized carbons (Fsp3) is 0.200. The number of fused-ring (bicyclic) bond motifs is 6. The first-order valence-electron chi connectivity index (χ1n) is 13.9. The molecule has 1 amide bonds. The lowest BCUT2D eigenvalue weighted by Crippen LogP contribution is -2.51. The van der Waals surface area contributed by atoms with E-state index in [2.05, 4.69) is 22.4 Å². The summed E-state index contributed by atoms with van der Waals surface area (Å²) in [6.45, 7) is 6.05. The lowest BCUT2D eigenvalue weighted by atomic mass is 9.64. The second-order valence-electron chi connectivity index (χ2n) is 11.3. The number of rotatable bonds is 4. The fourth-order valence-corrected chi connectivity index (χ4v) is 7.12. The van der Waals surface area contributed by atoms with Crippen LogP contribution in [0.3, 0.4) is 0 Å². The van der Waals surface area contributed by atoms with E-state index in [9.17, 15) is 14.4 Å². The third kappa shape index (κ3) is 3.50. The number of hydrogen-bond donors (Lipinski definition) is 1. The molecular weight excluding hydrogens is 510 g/mol. The molecule has 0 unspecified atom stereocenters. The van der Waals surface area contributed by atoms with E-state index < -0.39 is 23.4 Å². The molecule has 4 atom stereocenters. The molecule has 1 fully saturated rings. The van der Waals surface area contributed by atoms with E-state index in [1.165, 1.54) is 6.20 Å². The normalized spacial score (nSPS) is 23.9. The molecule has 1 saturated heterocycles. The summed E-state index contributed by atoms with van der Waals surface area (Å²) >= 11 is 0. The Morgan fingerprint density at radius 2 is 1.61 bits per heavy atom. The number of anilines is 2. The molecule has 1 N–H and O–H groups in total. The smallest absolute Gasteiger partial charge is 0.238 e. The number of carbonyl (C=O) groups excluding carboxylic acids is 3. The number of aromatic nitrogens is 1. The first-order chi connectivity index (χ1) is 19.8. The van der Waals surface area contributed by atoms with Gasteiger partial charge in [-0.25, -0.2) is 0 Å². The summed E-state index contributed by atoms with van der Waals surface area (Å²) < 4.78 is 0. The first-order valence-corrected chi connectivity index (χ1v) is 13.9. The van der Waals surface area contributed by atoms with Gasteiger partial charge in [0.15, 0.2) is 11.6 Å². The van der Waals surface area contributed by atoms with Gasteiger partial charge < -0.3 is 10.2 Å². The van der Waals surface area contributed by atoms with Crippen LogP contribution in [0.25, 0.3) is 5.57 Å². The van der Waals surface area contributed by atoms with E-state index in [1.807, 2.05) is 86.3 Å². The highest BCUT2D eigenvalue weighted by atomic mass is 16.2. The van der Waals surface area contributed by atoms with Gasteiger partial charge in [-0.3, -0.25) is 19.4 Å². The van der Waals surface area contributed by atoms with E-state index in [4.69, 9.17) is 0 Å². The Balaban J connectivity index is 1.56. The minimum Gasteiger partial charge on any atom is -0.352 e. The van der Waals surface area contributed by atoms with Gasteiger partial charge in [-0.15, -0.1) is 0 Å². The van der Waals surface area contributed by atoms with Crippen molar-refractivity contribution in [3.05, 3.63) is 131 Å². The number of pyridine rings is 1. The summed E-state index contributed by atoms with van der Waals surface area (Å²) in [6, 6.07) is 23.1. The molecule has 202 valence electrons. The summed E-state index contributed by atoms with van der Waals surface area (Å²) in [5.74, 6) is -1.74. The molecule has 1 spiro atoms. The largest absolute Gasteiger partial charge is 0.352 e. The number of Topliss-reactive ketones (excluding diaryl/α,β-unsaturated/α-hetero) is 2. The molecule has 3 aliphatic heterocycles. The van der Waals surface area contributed by atoms with Crippen molar-refractivity contribution >= 4 is 34.4 Å². The van der Waals surface area contributed by atoms with Gasteiger partial charge in [0.05, 0.1) is 12.0 Å². The highest BCUT2D eigenvalue weighted by molar-refractivity contribution is 6.18. The number of nitrogens with zero attached hydrogens (tertiary/aromatic N) is 2. The number of carbonyl (C=O) groups is 3. The van der Waals surface area contributed by atoms with Gasteiger partial charge in [-0.1, -0.05) is 65.7 Å². The van der Waals surface area contributed by atoms with Gasteiger partial charge in [0.25, 0.3) is 0 Å². The van der Waals surface area contributed by atoms with Crippen LogP contribution >= 0.6 is 0 Å². The maximum atomic E-state index is 14.7. The molecule has 3 aromatic carbocycles. The molecule has 0 saturated carbocycles. The van der Waals surface area contributed by atoms with E-state index >= 15 is 0 Å². The summed E-state index contributed by atoms with van der Waals surface area (Å²) in [4.78, 5) is 50.1. The van der Waals surface area contributed by atoms with Crippen molar-refractivity contribution in [2.45, 2.75) is 38.3 Å². The van der Waals surface area contributed by atoms with Crippen molar-refractivity contribution in [2.24, 2.45) is 5.92 Å². The number of ketones is 2. The third-order valence-corrected chi connectivity index (χ3v) is 8.97. The van der Waals surface area contributed by atoms with Crippen molar-refractivity contribution in [1.82, 2.24) is 4.98 Å². The number of hydrogen-bond acceptors (Lipinski definition) is 5. The molecule has 7 rings (SSSR count). The first kappa shape index (κ1) is 25.1. The fourth-order valence-electron chi connectivity index (χ4n) is 7.12. The standard InChI is InChI=1S/C35H29N3O3/c1-20-10-13-23(14-11-20)33(40)31-30(32(39)24-7-6-16-36-19-24)35(26-8-4-5-9-27(26)37-34(35)41)29-18-22(3)25-17-21(2)12-15-28(25)38(29)31/h4-19,29-31H,1-3H3,(H,37,41)/t29-,30+,31-,35-/m1/s1. The Kier molecular flexibility index (Phi) is 5.58. The van der Waals surface area contributed by atoms with Crippen LogP contribution in [0.2, 0.25) is 0 Å². The Labute approximate surface area is 238 Å². The van der Waals surface area contributed by atoms with Crippen molar-refractivity contribution in [3.8, 4) is 0 Å². The van der Waals surface area contributed by atoms with Crippen LogP contribution in [0.1, 0.15) is 49.9 Å². The Hall–Kier alpha value is -4.84. The minimum atomic E-state index is -1.33. The number of allylic oxidation sites excluding steroid dienone is 1. The van der Waals surface area contributed by atoms with Crippen LogP contribution in [0.15, 0.2) is 97.3 Å². The monoisotopic (exact) mass is 539 g/mol. The minimum absolute atomic E-state index is 0.189. The number of para-hydroxylation sites is 1. The number of aryl methyl sites for hydroxylation is 2. The molecule has 4 aromatic rings. The van der Waals surface area contributed by atoms with Crippen molar-refractivity contribution in [2.75, 3.05) is 10.2 Å². The average molecular weight is 540 g/mol. The lowest BCUT2D eigenvalue weighted by Gasteiger charge is -2.39. The maximum absolute atomic E-state index is 14.7. The zero-order valence-electron chi connectivity index (χ0n) is 23.1. The van der Waals surface area contributed by atoms with Gasteiger partial charge in [-0.2, -0.15) is 0 Å². The summed E-state index contributed by atoms with van der Waals surface area (Å²) in [7, 11) is 0. The average Bonchev–Trinajstić information content (AvgIpc) is 3.45.